The molecule has 15 heavy (non-hydrogen) atoms. The van der Waals surface area contributed by atoms with Gasteiger partial charge in [-0.2, -0.15) is 0 Å². The van der Waals surface area contributed by atoms with E-state index in [-0.39, 0.29) is 5.41 Å². The van der Waals surface area contributed by atoms with Crippen LogP contribution in [0.2, 0.25) is 10.0 Å². The number of hydrogen-bond acceptors (Lipinski definition) is 1. The average molecular weight is 246 g/mol. The van der Waals surface area contributed by atoms with Crippen molar-refractivity contribution in [3.05, 3.63) is 33.8 Å². The lowest BCUT2D eigenvalue weighted by atomic mass is 9.83. The van der Waals surface area contributed by atoms with Crippen LogP contribution in [0.3, 0.4) is 0 Å². The molecule has 1 nitrogen and oxygen atoms in total. The minimum absolute atomic E-state index is 0.142. The third kappa shape index (κ3) is 3.67. The summed E-state index contributed by atoms with van der Waals surface area (Å²) >= 11 is 12.2. The molecule has 0 unspecified atom stereocenters. The van der Waals surface area contributed by atoms with Gasteiger partial charge in [0.15, 0.2) is 0 Å². The second kappa shape index (κ2) is 5.20. The van der Waals surface area contributed by atoms with Crippen LogP contribution in [0.5, 0.6) is 0 Å². The zero-order chi connectivity index (χ0) is 11.5. The molecule has 0 saturated heterocycles. The predicted molar refractivity (Wildman–Crippen MR) is 67.6 cm³/mol. The Morgan fingerprint density at radius 3 is 2.20 bits per heavy atom. The number of rotatable bonds is 4. The van der Waals surface area contributed by atoms with Crippen LogP contribution in [0, 0.1) is 5.41 Å². The second-order valence-electron chi connectivity index (χ2n) is 4.58. The van der Waals surface area contributed by atoms with Crippen molar-refractivity contribution >= 4 is 23.2 Å². The third-order valence-corrected chi connectivity index (χ3v) is 3.25. The van der Waals surface area contributed by atoms with Crippen molar-refractivity contribution in [3.8, 4) is 0 Å². The van der Waals surface area contributed by atoms with E-state index in [0.29, 0.717) is 6.54 Å². The summed E-state index contributed by atoms with van der Waals surface area (Å²) in [4.78, 5) is 0. The second-order valence-corrected chi connectivity index (χ2v) is 5.39. The minimum atomic E-state index is 0.142. The molecule has 0 atom stereocenters. The van der Waals surface area contributed by atoms with E-state index in [2.05, 4.69) is 13.8 Å². The highest BCUT2D eigenvalue weighted by atomic mass is 35.5. The normalized spacial score (nSPS) is 11.8. The molecule has 0 aliphatic rings. The topological polar surface area (TPSA) is 26.0 Å². The summed E-state index contributed by atoms with van der Waals surface area (Å²) in [6.07, 6.45) is 1.83. The molecule has 1 aromatic rings. The van der Waals surface area contributed by atoms with Gasteiger partial charge in [-0.25, -0.2) is 0 Å². The molecule has 0 aromatic heterocycles. The fourth-order valence-corrected chi connectivity index (χ4v) is 2.19. The fourth-order valence-electron chi connectivity index (χ4n) is 1.66. The van der Waals surface area contributed by atoms with Gasteiger partial charge in [-0.05, 0) is 42.5 Å². The summed E-state index contributed by atoms with van der Waals surface area (Å²) in [7, 11) is 0. The highest BCUT2D eigenvalue weighted by molar-refractivity contribution is 6.35. The van der Waals surface area contributed by atoms with Crippen LogP contribution in [0.15, 0.2) is 18.2 Å². The number of hydrogen-bond donors (Lipinski definition) is 1. The van der Waals surface area contributed by atoms with E-state index in [0.717, 1.165) is 28.5 Å². The van der Waals surface area contributed by atoms with Gasteiger partial charge in [-0.3, -0.25) is 0 Å². The molecule has 0 aliphatic carbocycles. The van der Waals surface area contributed by atoms with E-state index >= 15 is 0 Å². The first-order valence-corrected chi connectivity index (χ1v) is 5.85. The lowest BCUT2D eigenvalue weighted by Gasteiger charge is -2.25. The quantitative estimate of drug-likeness (QED) is 0.856. The van der Waals surface area contributed by atoms with Crippen molar-refractivity contribution in [2.75, 3.05) is 6.54 Å². The largest absolute Gasteiger partial charge is 0.330 e. The SMILES string of the molecule is CC(C)(CCN)Cc1c(Cl)cccc1Cl. The Kier molecular flexibility index (Phi) is 4.45. The summed E-state index contributed by atoms with van der Waals surface area (Å²) in [5, 5.41) is 1.49. The highest BCUT2D eigenvalue weighted by Gasteiger charge is 2.20. The maximum Gasteiger partial charge on any atom is 0.0453 e. The van der Waals surface area contributed by atoms with Crippen LogP contribution >= 0.6 is 23.2 Å². The van der Waals surface area contributed by atoms with Gasteiger partial charge in [0.05, 0.1) is 0 Å². The van der Waals surface area contributed by atoms with Crippen molar-refractivity contribution in [2.45, 2.75) is 26.7 Å². The standard InChI is InChI=1S/C12H17Cl2N/c1-12(2,6-7-15)8-9-10(13)4-3-5-11(9)14/h3-5H,6-8,15H2,1-2H3. The zero-order valence-corrected chi connectivity index (χ0v) is 10.7. The Hall–Kier alpha value is -0.240. The smallest absolute Gasteiger partial charge is 0.0453 e. The molecule has 0 heterocycles. The van der Waals surface area contributed by atoms with E-state index in [4.69, 9.17) is 28.9 Å². The van der Waals surface area contributed by atoms with E-state index in [9.17, 15) is 0 Å². The van der Waals surface area contributed by atoms with Crippen LogP contribution < -0.4 is 5.73 Å². The van der Waals surface area contributed by atoms with Gasteiger partial charge in [0.2, 0.25) is 0 Å². The summed E-state index contributed by atoms with van der Waals surface area (Å²) in [6.45, 7) is 5.05. The summed E-state index contributed by atoms with van der Waals surface area (Å²) in [5.41, 5.74) is 6.75. The first-order chi connectivity index (χ1) is 6.96. The van der Waals surface area contributed by atoms with Gasteiger partial charge in [0.1, 0.15) is 0 Å². The molecule has 3 heteroatoms. The van der Waals surface area contributed by atoms with Crippen molar-refractivity contribution in [1.29, 1.82) is 0 Å². The van der Waals surface area contributed by atoms with Crippen LogP contribution in [0.25, 0.3) is 0 Å². The molecule has 84 valence electrons. The molecular weight excluding hydrogens is 229 g/mol. The maximum atomic E-state index is 6.12. The summed E-state index contributed by atoms with van der Waals surface area (Å²) < 4.78 is 0. The summed E-state index contributed by atoms with van der Waals surface area (Å²) in [6, 6.07) is 5.62. The van der Waals surface area contributed by atoms with Crippen LogP contribution in [-0.2, 0) is 6.42 Å². The lowest BCUT2D eigenvalue weighted by Crippen LogP contribution is -2.20. The molecular formula is C12H17Cl2N. The number of nitrogens with two attached hydrogens (primary N) is 1. The third-order valence-electron chi connectivity index (χ3n) is 2.54. The Morgan fingerprint density at radius 2 is 1.73 bits per heavy atom. The van der Waals surface area contributed by atoms with Gasteiger partial charge in [-0.15, -0.1) is 0 Å². The van der Waals surface area contributed by atoms with Crippen LogP contribution in [-0.4, -0.2) is 6.54 Å². The molecule has 1 aromatic carbocycles. The number of halogens is 2. The Bertz CT molecular complexity index is 314. The molecule has 0 radical (unpaired) electrons. The van der Waals surface area contributed by atoms with Gasteiger partial charge < -0.3 is 5.73 Å². The summed E-state index contributed by atoms with van der Waals surface area (Å²) in [5.74, 6) is 0. The Labute approximate surface area is 102 Å². The fraction of sp³-hybridized carbons (Fsp3) is 0.500. The Balaban J connectivity index is 2.89. The van der Waals surface area contributed by atoms with Crippen molar-refractivity contribution in [2.24, 2.45) is 11.1 Å². The van der Waals surface area contributed by atoms with Gasteiger partial charge in [-0.1, -0.05) is 43.1 Å². The van der Waals surface area contributed by atoms with Crippen molar-refractivity contribution in [1.82, 2.24) is 0 Å². The monoisotopic (exact) mass is 245 g/mol. The zero-order valence-electron chi connectivity index (χ0n) is 9.19. The van der Waals surface area contributed by atoms with E-state index in [1.54, 1.807) is 0 Å². The van der Waals surface area contributed by atoms with Crippen LogP contribution in [0.1, 0.15) is 25.8 Å². The predicted octanol–water partition coefficient (Wildman–Crippen LogP) is 3.91. The molecule has 2 N–H and O–H groups in total. The van der Waals surface area contributed by atoms with E-state index in [1.807, 2.05) is 18.2 Å². The van der Waals surface area contributed by atoms with Gasteiger partial charge in [0.25, 0.3) is 0 Å². The Morgan fingerprint density at radius 1 is 1.20 bits per heavy atom. The molecule has 0 aliphatic heterocycles. The van der Waals surface area contributed by atoms with Gasteiger partial charge in [0, 0.05) is 10.0 Å². The first kappa shape index (κ1) is 12.8. The van der Waals surface area contributed by atoms with Gasteiger partial charge >= 0.3 is 0 Å². The van der Waals surface area contributed by atoms with Crippen LogP contribution in [0.4, 0.5) is 0 Å². The molecule has 1 rings (SSSR count). The van der Waals surface area contributed by atoms with E-state index < -0.39 is 0 Å². The molecule has 0 fully saturated rings. The lowest BCUT2D eigenvalue weighted by molar-refractivity contribution is 0.339. The number of benzene rings is 1. The molecule has 0 bridgehead atoms. The average Bonchev–Trinajstić information content (AvgIpc) is 2.11. The first-order valence-electron chi connectivity index (χ1n) is 5.09. The van der Waals surface area contributed by atoms with E-state index in [1.165, 1.54) is 0 Å². The maximum absolute atomic E-state index is 6.12. The molecule has 0 spiro atoms. The van der Waals surface area contributed by atoms with Crippen molar-refractivity contribution < 1.29 is 0 Å². The molecule has 0 amide bonds. The minimum Gasteiger partial charge on any atom is -0.330 e. The van der Waals surface area contributed by atoms with Crippen molar-refractivity contribution in [3.63, 3.8) is 0 Å². The highest BCUT2D eigenvalue weighted by Crippen LogP contribution is 2.33. The molecule has 0 saturated carbocycles.